The lowest BCUT2D eigenvalue weighted by atomic mass is 9.73. The van der Waals surface area contributed by atoms with Crippen molar-refractivity contribution in [2.75, 3.05) is 34.3 Å². The minimum Gasteiger partial charge on any atom is -0.459 e. The second-order valence-electron chi connectivity index (χ2n) is 19.2. The summed E-state index contributed by atoms with van der Waals surface area (Å²) in [5, 5.41) is 36.9. The van der Waals surface area contributed by atoms with Gasteiger partial charge in [-0.05, 0) is 115 Å². The third-order valence-electron chi connectivity index (χ3n) is 13.9. The van der Waals surface area contributed by atoms with Gasteiger partial charge in [0.15, 0.2) is 12.6 Å². The second kappa shape index (κ2) is 21.5. The molecule has 0 bridgehead atoms. The summed E-state index contributed by atoms with van der Waals surface area (Å²) in [5.41, 5.74) is -3.95. The lowest BCUT2D eigenvalue weighted by Gasteiger charge is -2.49. The van der Waals surface area contributed by atoms with Gasteiger partial charge in [0, 0.05) is 36.9 Å². The highest BCUT2D eigenvalue weighted by Crippen LogP contribution is 2.43. The van der Waals surface area contributed by atoms with Gasteiger partial charge < -0.3 is 53.5 Å². The third kappa shape index (κ3) is 12.2. The number of carbonyl (C=O) groups is 2. The Balaban J connectivity index is 2.23. The number of aliphatic hydroxyl groups excluding tert-OH is 1. The lowest BCUT2D eigenvalue weighted by Crippen LogP contribution is -2.60. The molecule has 0 aromatic heterocycles. The summed E-state index contributed by atoms with van der Waals surface area (Å²) in [6.45, 7) is 28.8. The maximum Gasteiger partial charge on any atom is 0.311 e. The molecule has 0 saturated carbocycles. The summed E-state index contributed by atoms with van der Waals surface area (Å²) < 4.78 is 38.9. The van der Waals surface area contributed by atoms with Crippen LogP contribution in [-0.4, -0.2) is 150 Å². The van der Waals surface area contributed by atoms with Crippen molar-refractivity contribution in [3.63, 3.8) is 0 Å². The number of allylic oxidation sites excluding steroid dienone is 1. The van der Waals surface area contributed by atoms with Crippen molar-refractivity contribution < 1.29 is 53.3 Å². The van der Waals surface area contributed by atoms with Crippen molar-refractivity contribution >= 4 is 11.8 Å². The molecule has 3 rings (SSSR count). The van der Waals surface area contributed by atoms with E-state index in [2.05, 4.69) is 31.9 Å². The molecule has 3 heterocycles. The summed E-state index contributed by atoms with van der Waals surface area (Å²) in [7, 11) is 5.82. The Bertz CT molecular complexity index is 1380. The van der Waals surface area contributed by atoms with E-state index in [0.717, 1.165) is 0 Å². The summed E-state index contributed by atoms with van der Waals surface area (Å²) in [5.74, 6) is -2.78. The highest BCUT2D eigenvalue weighted by atomic mass is 16.7. The molecule has 3 fully saturated rings. The van der Waals surface area contributed by atoms with E-state index in [1.165, 1.54) is 6.92 Å². The van der Waals surface area contributed by atoms with E-state index >= 15 is 0 Å². The number of esters is 1. The molecule has 3 aliphatic rings. The molecule has 18 atom stereocenters. The number of cyclic esters (lactones) is 1. The summed E-state index contributed by atoms with van der Waals surface area (Å²) >= 11 is 0. The zero-order chi connectivity index (χ0) is 44.8. The molecule has 0 aromatic carbocycles. The predicted octanol–water partition coefficient (Wildman–Crippen LogP) is 5.52. The average molecular weight is 839 g/mol. The van der Waals surface area contributed by atoms with E-state index in [4.69, 9.17) is 28.4 Å². The number of ketones is 1. The number of hydrogen-bond acceptors (Lipinski definition) is 13. The average Bonchev–Trinajstić information content (AvgIpc) is 3.14. The number of carbonyl (C=O) groups excluding carboxylic acids is 2. The first-order chi connectivity index (χ1) is 27.4. The van der Waals surface area contributed by atoms with Crippen LogP contribution in [0.4, 0.5) is 0 Å². The molecule has 1 unspecified atom stereocenters. The summed E-state index contributed by atoms with van der Waals surface area (Å²) in [6, 6.07) is -0.406. The topological polar surface area (TPSA) is 157 Å². The van der Waals surface area contributed by atoms with Crippen molar-refractivity contribution in [1.82, 2.24) is 9.80 Å². The Kier molecular flexibility index (Phi) is 18.8. The molecule has 13 heteroatoms. The van der Waals surface area contributed by atoms with Crippen LogP contribution in [0.2, 0.25) is 0 Å². The first kappa shape index (κ1) is 51.6. The zero-order valence-corrected chi connectivity index (χ0v) is 38.9. The largest absolute Gasteiger partial charge is 0.459 e. The van der Waals surface area contributed by atoms with Crippen LogP contribution in [0.1, 0.15) is 115 Å². The summed E-state index contributed by atoms with van der Waals surface area (Å²) in [4.78, 5) is 32.1. The quantitative estimate of drug-likeness (QED) is 0.158. The first-order valence-electron chi connectivity index (χ1n) is 22.0. The fourth-order valence-electron chi connectivity index (χ4n) is 10.3. The smallest absolute Gasteiger partial charge is 0.311 e. The van der Waals surface area contributed by atoms with Crippen molar-refractivity contribution in [1.29, 1.82) is 0 Å². The van der Waals surface area contributed by atoms with Crippen molar-refractivity contribution in [3.05, 3.63) is 25.3 Å². The molecular weight excluding hydrogens is 757 g/mol. The number of ether oxygens (including phenoxy) is 6. The Morgan fingerprint density at radius 1 is 1.00 bits per heavy atom. The Morgan fingerprint density at radius 2 is 1.64 bits per heavy atom. The number of aliphatic hydroxyl groups is 3. The monoisotopic (exact) mass is 839 g/mol. The van der Waals surface area contributed by atoms with Crippen LogP contribution in [0, 0.1) is 29.1 Å². The van der Waals surface area contributed by atoms with E-state index in [-0.39, 0.29) is 55.3 Å². The van der Waals surface area contributed by atoms with Gasteiger partial charge in [-0.25, -0.2) is 0 Å². The normalized spacial score (nSPS) is 44.9. The number of hydrogen-bond donors (Lipinski definition) is 3. The molecule has 342 valence electrons. The number of likely N-dealkylation sites (N-methyl/N-ethyl adjacent to an activating group) is 1. The van der Waals surface area contributed by atoms with Crippen LogP contribution < -0.4 is 0 Å². The number of nitrogens with zero attached hydrogens (tertiary/aromatic N) is 2. The first-order valence-corrected chi connectivity index (χ1v) is 22.0. The van der Waals surface area contributed by atoms with Gasteiger partial charge in [-0.1, -0.05) is 32.9 Å². The molecular formula is C46H82N2O11. The Morgan fingerprint density at radius 3 is 2.20 bits per heavy atom. The minimum absolute atomic E-state index is 0.0699. The fraction of sp³-hybridized carbons (Fsp3) is 0.870. The van der Waals surface area contributed by atoms with Gasteiger partial charge in [-0.3, -0.25) is 9.59 Å². The van der Waals surface area contributed by atoms with Crippen molar-refractivity contribution in [2.24, 2.45) is 29.1 Å². The Labute approximate surface area is 356 Å². The molecule has 3 aliphatic heterocycles. The zero-order valence-electron chi connectivity index (χ0n) is 38.9. The number of rotatable bonds is 13. The minimum atomic E-state index is -1.54. The van der Waals surface area contributed by atoms with E-state index in [0.29, 0.717) is 32.2 Å². The lowest BCUT2D eigenvalue weighted by molar-refractivity contribution is -0.312. The Hall–Kier alpha value is -1.78. The maximum absolute atomic E-state index is 14.6. The molecule has 13 nitrogen and oxygen atoms in total. The number of Topliss-reactive ketones (excluding diaryl/α,β-unsaturated/α-hetero) is 1. The van der Waals surface area contributed by atoms with Crippen LogP contribution >= 0.6 is 0 Å². The highest BCUT2D eigenvalue weighted by molar-refractivity contribution is 5.83. The molecule has 59 heavy (non-hydrogen) atoms. The van der Waals surface area contributed by atoms with E-state index < -0.39 is 83.6 Å². The predicted molar refractivity (Wildman–Crippen MR) is 228 cm³/mol. The fourth-order valence-corrected chi connectivity index (χ4v) is 10.3. The molecule has 3 N–H and O–H groups in total. The van der Waals surface area contributed by atoms with Crippen LogP contribution in [0.5, 0.6) is 0 Å². The molecule has 0 spiro atoms. The van der Waals surface area contributed by atoms with Gasteiger partial charge in [0.1, 0.15) is 23.6 Å². The highest BCUT2D eigenvalue weighted by Gasteiger charge is 2.54. The van der Waals surface area contributed by atoms with Gasteiger partial charge in [0.05, 0.1) is 54.1 Å². The van der Waals surface area contributed by atoms with Crippen LogP contribution in [-0.2, 0) is 38.0 Å². The molecule has 0 amide bonds. The van der Waals surface area contributed by atoms with Gasteiger partial charge in [0.25, 0.3) is 0 Å². The van der Waals surface area contributed by atoms with Gasteiger partial charge in [-0.15, -0.1) is 13.2 Å². The van der Waals surface area contributed by atoms with Crippen molar-refractivity contribution in [3.8, 4) is 0 Å². The molecule has 0 aromatic rings. The maximum atomic E-state index is 14.6. The van der Waals surface area contributed by atoms with Crippen LogP contribution in [0.15, 0.2) is 25.3 Å². The van der Waals surface area contributed by atoms with Gasteiger partial charge in [-0.2, -0.15) is 0 Å². The van der Waals surface area contributed by atoms with E-state index in [1.54, 1.807) is 26.8 Å². The van der Waals surface area contributed by atoms with Crippen LogP contribution in [0.3, 0.4) is 0 Å². The molecule has 3 saturated heterocycles. The van der Waals surface area contributed by atoms with Crippen molar-refractivity contribution in [2.45, 2.75) is 193 Å². The third-order valence-corrected chi connectivity index (χ3v) is 13.9. The van der Waals surface area contributed by atoms with E-state index in [1.807, 2.05) is 66.7 Å². The standard InChI is InChI=1S/C46H82N2O11/c1-17-20-21-34-31(8)48(16)26-27(4)24-45(12,52)40(59-43-38(50)35(47(14)15)23-28(5)55-43)29(6)39(30(7)42(51)57-36(19-3)46(34,13)53)58-37-25-44(11,33(10)49)41(32(9)56-37)54-22-18-2/h17-18,27-32,34-41,43,50,52-53H,1-2,19-26H2,3-16H3/t27-,28-,29+,30-,31-,32+,34-,35+,36-,37?,38-,39+,40-,41+,43+,44+,45-,46+/m1/s1. The van der Waals surface area contributed by atoms with E-state index in [9.17, 15) is 24.9 Å². The second-order valence-corrected chi connectivity index (χ2v) is 19.2. The summed E-state index contributed by atoms with van der Waals surface area (Å²) in [6.07, 6.45) is -1.31. The van der Waals surface area contributed by atoms with Crippen LogP contribution in [0.25, 0.3) is 0 Å². The molecule has 0 aliphatic carbocycles. The van der Waals surface area contributed by atoms with Gasteiger partial charge in [0.2, 0.25) is 0 Å². The molecule has 0 radical (unpaired) electrons. The van der Waals surface area contributed by atoms with Gasteiger partial charge >= 0.3 is 5.97 Å². The SMILES string of the molecule is C=CCC[C@@H]1[C@@H](C)N(C)C[C@H](C)C[C@@](C)(O)[C@H](O[C@@H]2O[C@H](C)C[C@H](N(C)C)[C@H]2O)[C@@H](C)[C@H](OC2C[C@@](C)(C(C)=O)[C@@H](OCC=C)[C@H](C)O2)[C@@H](C)C(=O)O[C@H](CC)[C@@]1(C)O.